The first kappa shape index (κ1) is 16.7. The maximum absolute atomic E-state index is 6.13. The molecule has 0 amide bonds. The summed E-state index contributed by atoms with van der Waals surface area (Å²) in [7, 11) is 0. The number of nitrogens with one attached hydrogen (secondary N) is 2. The molecule has 2 heterocycles. The van der Waals surface area contributed by atoms with Crippen LogP contribution in [0.2, 0.25) is 10.0 Å². The van der Waals surface area contributed by atoms with Gasteiger partial charge in [0.2, 0.25) is 0 Å². The number of benzene rings is 1. The average Bonchev–Trinajstić information content (AvgIpc) is 2.62. The third-order valence-electron chi connectivity index (χ3n) is 3.50. The molecule has 0 radical (unpaired) electrons. The van der Waals surface area contributed by atoms with Crippen LogP contribution in [-0.2, 0) is 0 Å². The molecule has 1 aliphatic rings. The van der Waals surface area contributed by atoms with Crippen molar-refractivity contribution in [3.8, 4) is 0 Å². The fourth-order valence-corrected chi connectivity index (χ4v) is 2.62. The molecule has 3 rings (SSSR count). The van der Waals surface area contributed by atoms with Crippen LogP contribution in [0.5, 0.6) is 0 Å². The van der Waals surface area contributed by atoms with Crippen LogP contribution >= 0.6 is 23.2 Å². The van der Waals surface area contributed by atoms with Gasteiger partial charge in [0.25, 0.3) is 0 Å². The third kappa shape index (κ3) is 3.67. The Morgan fingerprint density at radius 3 is 2.62 bits per heavy atom. The van der Waals surface area contributed by atoms with Crippen molar-refractivity contribution in [2.24, 2.45) is 9.98 Å². The molecule has 0 bridgehead atoms. The van der Waals surface area contributed by atoms with Crippen LogP contribution in [0, 0.1) is 0 Å². The normalized spacial score (nSPS) is 16.9. The number of aliphatic imine (C=N–C) groups is 2. The van der Waals surface area contributed by atoms with Crippen LogP contribution in [0.4, 0.5) is 5.69 Å². The second-order valence-corrected chi connectivity index (χ2v) is 5.83. The van der Waals surface area contributed by atoms with Crippen molar-refractivity contribution in [2.45, 2.75) is 13.2 Å². The highest BCUT2D eigenvalue weighted by Crippen LogP contribution is 2.24. The Morgan fingerprint density at radius 1 is 1.12 bits per heavy atom. The molecule has 1 aromatic heterocycles. The van der Waals surface area contributed by atoms with Gasteiger partial charge in [0.15, 0.2) is 6.29 Å². The first-order valence-electron chi connectivity index (χ1n) is 7.42. The molecular formula is C16H16Cl2N6. The van der Waals surface area contributed by atoms with Crippen LogP contribution in [0.3, 0.4) is 0 Å². The van der Waals surface area contributed by atoms with E-state index in [0.717, 1.165) is 17.1 Å². The minimum absolute atomic E-state index is 0.301. The lowest BCUT2D eigenvalue weighted by atomic mass is 10.2. The van der Waals surface area contributed by atoms with Crippen LogP contribution in [0.25, 0.3) is 0 Å². The number of nitrogens with zero attached hydrogens (tertiary/aromatic N) is 4. The number of rotatable bonds is 5. The Labute approximate surface area is 150 Å². The first-order valence-corrected chi connectivity index (χ1v) is 8.17. The van der Waals surface area contributed by atoms with Crippen molar-refractivity contribution in [2.75, 3.05) is 12.0 Å². The molecule has 2 N–H and O–H groups in total. The summed E-state index contributed by atoms with van der Waals surface area (Å²) in [5.41, 5.74) is 8.08. The van der Waals surface area contributed by atoms with Gasteiger partial charge >= 0.3 is 0 Å². The van der Waals surface area contributed by atoms with Crippen LogP contribution in [0.15, 0.2) is 52.7 Å². The van der Waals surface area contributed by atoms with E-state index in [2.05, 4.69) is 25.8 Å². The average molecular weight is 363 g/mol. The summed E-state index contributed by atoms with van der Waals surface area (Å²) in [4.78, 5) is 14.8. The Kier molecular flexibility index (Phi) is 5.30. The molecule has 0 aliphatic carbocycles. The quantitative estimate of drug-likeness (QED) is 0.800. The summed E-state index contributed by atoms with van der Waals surface area (Å²) in [6.45, 7) is 2.75. The fourth-order valence-electron chi connectivity index (χ4n) is 2.32. The van der Waals surface area contributed by atoms with Crippen LogP contribution in [0.1, 0.15) is 12.5 Å². The van der Waals surface area contributed by atoms with Gasteiger partial charge in [0, 0.05) is 24.5 Å². The zero-order valence-corrected chi connectivity index (χ0v) is 14.5. The van der Waals surface area contributed by atoms with Crippen LogP contribution < -0.4 is 10.9 Å². The predicted molar refractivity (Wildman–Crippen MR) is 98.7 cm³/mol. The van der Waals surface area contributed by atoms with E-state index in [4.69, 9.17) is 23.2 Å². The minimum Gasteiger partial charge on any atom is -0.321 e. The number of halogens is 2. The molecule has 1 aliphatic heterocycles. The number of hydrogen-bond donors (Lipinski definition) is 2. The molecule has 0 fully saturated rings. The van der Waals surface area contributed by atoms with Crippen LogP contribution in [-0.4, -0.2) is 34.9 Å². The molecule has 0 spiro atoms. The maximum Gasteiger partial charge on any atom is 0.195 e. The lowest BCUT2D eigenvalue weighted by Gasteiger charge is -2.33. The van der Waals surface area contributed by atoms with E-state index in [9.17, 15) is 0 Å². The molecule has 1 unspecified atom stereocenters. The van der Waals surface area contributed by atoms with Crippen molar-refractivity contribution in [1.29, 1.82) is 0 Å². The van der Waals surface area contributed by atoms with Gasteiger partial charge < -0.3 is 10.3 Å². The van der Waals surface area contributed by atoms with Gasteiger partial charge in [-0.15, -0.1) is 0 Å². The SMILES string of the molecule is CCN1C(c2ccc(Cl)c(Cl)c2)=NC=NC1NNc1ccncc1. The Hall–Kier alpha value is -2.15. The Balaban J connectivity index is 1.77. The lowest BCUT2D eigenvalue weighted by Crippen LogP contribution is -2.51. The monoisotopic (exact) mass is 362 g/mol. The van der Waals surface area contributed by atoms with Crippen molar-refractivity contribution in [1.82, 2.24) is 15.3 Å². The zero-order chi connectivity index (χ0) is 16.9. The molecule has 0 saturated carbocycles. The number of aromatic nitrogens is 1. The molecule has 24 heavy (non-hydrogen) atoms. The van der Waals surface area contributed by atoms with Gasteiger partial charge in [-0.1, -0.05) is 23.2 Å². The lowest BCUT2D eigenvalue weighted by molar-refractivity contribution is 0.294. The summed E-state index contributed by atoms with van der Waals surface area (Å²) in [6, 6.07) is 9.19. The molecule has 1 atom stereocenters. The topological polar surface area (TPSA) is 64.9 Å². The van der Waals surface area contributed by atoms with Gasteiger partial charge in [-0.25, -0.2) is 9.98 Å². The van der Waals surface area contributed by atoms with E-state index in [-0.39, 0.29) is 6.29 Å². The molecule has 0 saturated heterocycles. The smallest absolute Gasteiger partial charge is 0.195 e. The highest BCUT2D eigenvalue weighted by atomic mass is 35.5. The summed E-state index contributed by atoms with van der Waals surface area (Å²) >= 11 is 12.1. The van der Waals surface area contributed by atoms with Crippen molar-refractivity contribution in [3.63, 3.8) is 0 Å². The summed E-state index contributed by atoms with van der Waals surface area (Å²) in [5.74, 6) is 0.778. The zero-order valence-electron chi connectivity index (χ0n) is 12.9. The highest BCUT2D eigenvalue weighted by molar-refractivity contribution is 6.42. The Morgan fingerprint density at radius 2 is 1.92 bits per heavy atom. The molecule has 2 aromatic rings. The highest BCUT2D eigenvalue weighted by Gasteiger charge is 2.23. The molecule has 1 aromatic carbocycles. The number of hydrogen-bond acceptors (Lipinski definition) is 6. The maximum atomic E-state index is 6.13. The number of anilines is 1. The van der Waals surface area contributed by atoms with Gasteiger partial charge in [0.1, 0.15) is 12.2 Å². The largest absolute Gasteiger partial charge is 0.321 e. The van der Waals surface area contributed by atoms with Crippen molar-refractivity contribution in [3.05, 3.63) is 58.3 Å². The number of amidine groups is 1. The summed E-state index contributed by atoms with van der Waals surface area (Å²) in [6.07, 6.45) is 4.67. The second kappa shape index (κ2) is 7.61. The molecule has 8 heteroatoms. The third-order valence-corrected chi connectivity index (χ3v) is 4.24. The predicted octanol–water partition coefficient (Wildman–Crippen LogP) is 3.40. The summed E-state index contributed by atoms with van der Waals surface area (Å²) in [5, 5.41) is 1.01. The Bertz CT molecular complexity index is 762. The molecule has 124 valence electrons. The van der Waals surface area contributed by atoms with Gasteiger partial charge in [-0.2, -0.15) is 5.43 Å². The fraction of sp³-hybridized carbons (Fsp3) is 0.188. The molecule has 6 nitrogen and oxygen atoms in total. The van der Waals surface area contributed by atoms with E-state index >= 15 is 0 Å². The first-order chi connectivity index (χ1) is 11.7. The molecular weight excluding hydrogens is 347 g/mol. The second-order valence-electron chi connectivity index (χ2n) is 5.01. The van der Waals surface area contributed by atoms with E-state index in [1.807, 2.05) is 30.0 Å². The van der Waals surface area contributed by atoms with Gasteiger partial charge in [-0.3, -0.25) is 4.98 Å². The van der Waals surface area contributed by atoms with E-state index in [1.165, 1.54) is 6.34 Å². The number of hydrazine groups is 1. The summed E-state index contributed by atoms with van der Waals surface area (Å²) < 4.78 is 0. The van der Waals surface area contributed by atoms with E-state index in [1.54, 1.807) is 24.5 Å². The van der Waals surface area contributed by atoms with Gasteiger partial charge in [-0.05, 0) is 37.3 Å². The number of pyridine rings is 1. The van der Waals surface area contributed by atoms with Crippen molar-refractivity contribution < 1.29 is 0 Å². The van der Waals surface area contributed by atoms with Crippen molar-refractivity contribution >= 4 is 41.1 Å². The van der Waals surface area contributed by atoms with Gasteiger partial charge in [0.05, 0.1) is 15.7 Å². The van der Waals surface area contributed by atoms with E-state index in [0.29, 0.717) is 16.6 Å². The standard InChI is InChI=1S/C16H16Cl2N6/c1-2-24-15(11-3-4-13(17)14(18)9-11)20-10-21-16(24)23-22-12-5-7-19-8-6-12/h3-10,16,23H,2H2,1H3,(H,19,22). The van der Waals surface area contributed by atoms with E-state index < -0.39 is 0 Å². The minimum atomic E-state index is -0.301.